The molecule has 0 atom stereocenters. The lowest BCUT2D eigenvalue weighted by Crippen LogP contribution is -2.14. The number of nitrogens with zero attached hydrogens (tertiary/aromatic N) is 2. The van der Waals surface area contributed by atoms with Gasteiger partial charge < -0.3 is 4.74 Å². The largest absolute Gasteiger partial charge is 0.495 e. The maximum absolute atomic E-state index is 12.2. The van der Waals surface area contributed by atoms with Crippen molar-refractivity contribution in [2.75, 3.05) is 11.8 Å². The molecule has 0 aliphatic rings. The second kappa shape index (κ2) is 5.82. The minimum atomic E-state index is -3.85. The molecule has 0 fully saturated rings. The number of benzene rings is 1. The van der Waals surface area contributed by atoms with E-state index in [1.807, 2.05) is 0 Å². The van der Waals surface area contributed by atoms with E-state index in [1.54, 1.807) is 12.1 Å². The lowest BCUT2D eigenvalue weighted by atomic mass is 10.3. The zero-order valence-corrected chi connectivity index (χ0v) is 12.5. The van der Waals surface area contributed by atoms with Crippen LogP contribution in [-0.2, 0) is 10.0 Å². The Balaban J connectivity index is 2.37. The Bertz CT molecular complexity index is 720. The predicted molar refractivity (Wildman–Crippen MR) is 75.9 cm³/mol. The minimum absolute atomic E-state index is 0.0377. The van der Waals surface area contributed by atoms with Gasteiger partial charge in [-0.05, 0) is 29.8 Å². The van der Waals surface area contributed by atoms with Gasteiger partial charge in [-0.3, -0.25) is 4.72 Å². The quantitative estimate of drug-likeness (QED) is 0.869. The molecule has 0 saturated heterocycles. The van der Waals surface area contributed by atoms with Gasteiger partial charge in [0.15, 0.2) is 0 Å². The standard InChI is InChI=1S/C11H9Cl2N3O3S/c1-19-10-3-2-7(12)4-9(10)16-20(17,18)8-5-14-11(13)15-6-8/h2-6,16H,1H3. The molecule has 9 heteroatoms. The SMILES string of the molecule is COc1ccc(Cl)cc1NS(=O)(=O)c1cnc(Cl)nc1. The molecule has 0 radical (unpaired) electrons. The normalized spacial score (nSPS) is 11.2. The van der Waals surface area contributed by atoms with Crippen molar-refractivity contribution < 1.29 is 13.2 Å². The molecule has 0 aliphatic carbocycles. The lowest BCUT2D eigenvalue weighted by Gasteiger charge is -2.11. The number of methoxy groups -OCH3 is 1. The van der Waals surface area contributed by atoms with E-state index >= 15 is 0 Å². The number of rotatable bonds is 4. The van der Waals surface area contributed by atoms with Gasteiger partial charge in [0.1, 0.15) is 10.6 Å². The highest BCUT2D eigenvalue weighted by Gasteiger charge is 2.17. The fraction of sp³-hybridized carbons (Fsp3) is 0.0909. The van der Waals surface area contributed by atoms with Crippen LogP contribution in [0.2, 0.25) is 10.3 Å². The third-order valence-corrected chi connectivity index (χ3v) is 4.06. The Labute approximate surface area is 125 Å². The number of ether oxygens (including phenoxy) is 1. The van der Waals surface area contributed by atoms with E-state index in [2.05, 4.69) is 14.7 Å². The third-order valence-electron chi connectivity index (χ3n) is 2.31. The van der Waals surface area contributed by atoms with E-state index < -0.39 is 10.0 Å². The topological polar surface area (TPSA) is 81.2 Å². The summed E-state index contributed by atoms with van der Waals surface area (Å²) in [7, 11) is -2.43. The zero-order chi connectivity index (χ0) is 14.8. The molecule has 0 unspecified atom stereocenters. The Morgan fingerprint density at radius 2 is 1.85 bits per heavy atom. The maximum atomic E-state index is 12.2. The summed E-state index contributed by atoms with van der Waals surface area (Å²) in [6, 6.07) is 4.58. The number of anilines is 1. The molecule has 106 valence electrons. The highest BCUT2D eigenvalue weighted by Crippen LogP contribution is 2.29. The fourth-order valence-corrected chi connectivity index (χ4v) is 2.62. The summed E-state index contributed by atoms with van der Waals surface area (Å²) in [6.45, 7) is 0. The van der Waals surface area contributed by atoms with Gasteiger partial charge in [0.25, 0.3) is 10.0 Å². The van der Waals surface area contributed by atoms with Gasteiger partial charge in [0.2, 0.25) is 5.28 Å². The smallest absolute Gasteiger partial charge is 0.265 e. The average molecular weight is 334 g/mol. The molecule has 1 N–H and O–H groups in total. The van der Waals surface area contributed by atoms with Crippen LogP contribution in [0.4, 0.5) is 5.69 Å². The van der Waals surface area contributed by atoms with Crippen LogP contribution < -0.4 is 9.46 Å². The van der Waals surface area contributed by atoms with Crippen LogP contribution in [-0.4, -0.2) is 25.5 Å². The summed E-state index contributed by atoms with van der Waals surface area (Å²) in [5.74, 6) is 0.341. The number of hydrogen-bond donors (Lipinski definition) is 1. The number of sulfonamides is 1. The highest BCUT2D eigenvalue weighted by atomic mass is 35.5. The first-order valence-electron chi connectivity index (χ1n) is 5.26. The first-order chi connectivity index (χ1) is 9.42. The molecular formula is C11H9Cl2N3O3S. The molecule has 0 aliphatic heterocycles. The number of nitrogens with one attached hydrogen (secondary N) is 1. The van der Waals surface area contributed by atoms with Gasteiger partial charge in [-0.25, -0.2) is 18.4 Å². The Kier molecular flexibility index (Phi) is 4.32. The number of hydrogen-bond acceptors (Lipinski definition) is 5. The van der Waals surface area contributed by atoms with Crippen molar-refractivity contribution in [1.29, 1.82) is 0 Å². The second-order valence-electron chi connectivity index (χ2n) is 3.64. The summed E-state index contributed by atoms with van der Waals surface area (Å²) in [6.07, 6.45) is 2.21. The Hall–Kier alpha value is -1.57. The van der Waals surface area contributed by atoms with Crippen LogP contribution in [0.3, 0.4) is 0 Å². The fourth-order valence-electron chi connectivity index (χ4n) is 1.40. The maximum Gasteiger partial charge on any atom is 0.265 e. The molecule has 1 aromatic heterocycles. The van der Waals surface area contributed by atoms with Crippen LogP contribution in [0.25, 0.3) is 0 Å². The Morgan fingerprint density at radius 1 is 1.20 bits per heavy atom. The molecular weight excluding hydrogens is 325 g/mol. The van der Waals surface area contributed by atoms with E-state index in [9.17, 15) is 8.42 Å². The van der Waals surface area contributed by atoms with Crippen molar-refractivity contribution in [2.45, 2.75) is 4.90 Å². The Morgan fingerprint density at radius 3 is 2.45 bits per heavy atom. The molecule has 2 aromatic rings. The number of halogens is 2. The molecule has 0 amide bonds. The van der Waals surface area contributed by atoms with Gasteiger partial charge in [0.05, 0.1) is 25.2 Å². The van der Waals surface area contributed by atoms with Crippen LogP contribution in [0.1, 0.15) is 0 Å². The molecule has 2 rings (SSSR count). The van der Waals surface area contributed by atoms with Crippen LogP contribution >= 0.6 is 23.2 Å². The highest BCUT2D eigenvalue weighted by molar-refractivity contribution is 7.92. The van der Waals surface area contributed by atoms with E-state index in [4.69, 9.17) is 27.9 Å². The molecule has 0 bridgehead atoms. The monoisotopic (exact) mass is 333 g/mol. The van der Waals surface area contributed by atoms with Crippen molar-refractivity contribution in [1.82, 2.24) is 9.97 Å². The summed E-state index contributed by atoms with van der Waals surface area (Å²) >= 11 is 11.4. The van der Waals surface area contributed by atoms with Gasteiger partial charge in [-0.1, -0.05) is 11.6 Å². The van der Waals surface area contributed by atoms with Crippen LogP contribution in [0.5, 0.6) is 5.75 Å². The van der Waals surface area contributed by atoms with Crippen LogP contribution in [0.15, 0.2) is 35.5 Å². The molecule has 20 heavy (non-hydrogen) atoms. The van der Waals surface area contributed by atoms with Crippen LogP contribution in [0, 0.1) is 0 Å². The van der Waals surface area contributed by atoms with E-state index in [0.29, 0.717) is 10.8 Å². The van der Waals surface area contributed by atoms with E-state index in [1.165, 1.54) is 13.2 Å². The van der Waals surface area contributed by atoms with Crippen molar-refractivity contribution in [3.05, 3.63) is 40.9 Å². The van der Waals surface area contributed by atoms with Crippen molar-refractivity contribution >= 4 is 38.9 Å². The molecule has 1 heterocycles. The lowest BCUT2D eigenvalue weighted by molar-refractivity contribution is 0.417. The first kappa shape index (κ1) is 14.8. The summed E-state index contributed by atoms with van der Waals surface area (Å²) in [5.41, 5.74) is 0.218. The first-order valence-corrected chi connectivity index (χ1v) is 7.50. The summed E-state index contributed by atoms with van der Waals surface area (Å²) in [5, 5.41) is 0.333. The predicted octanol–water partition coefficient (Wildman–Crippen LogP) is 2.59. The number of aromatic nitrogens is 2. The third kappa shape index (κ3) is 3.30. The van der Waals surface area contributed by atoms with Gasteiger partial charge in [-0.2, -0.15) is 0 Å². The summed E-state index contributed by atoms with van der Waals surface area (Å²) < 4.78 is 31.7. The van der Waals surface area contributed by atoms with Gasteiger partial charge in [-0.15, -0.1) is 0 Å². The zero-order valence-electron chi connectivity index (χ0n) is 10.2. The van der Waals surface area contributed by atoms with E-state index in [-0.39, 0.29) is 15.9 Å². The van der Waals surface area contributed by atoms with Crippen molar-refractivity contribution in [2.24, 2.45) is 0 Å². The van der Waals surface area contributed by atoms with Crippen molar-refractivity contribution in [3.8, 4) is 5.75 Å². The average Bonchev–Trinajstić information content (AvgIpc) is 2.39. The molecule has 0 saturated carbocycles. The minimum Gasteiger partial charge on any atom is -0.495 e. The molecule has 0 spiro atoms. The summed E-state index contributed by atoms with van der Waals surface area (Å²) in [4.78, 5) is 7.13. The van der Waals surface area contributed by atoms with E-state index in [0.717, 1.165) is 12.4 Å². The molecule has 1 aromatic carbocycles. The second-order valence-corrected chi connectivity index (χ2v) is 6.09. The van der Waals surface area contributed by atoms with Gasteiger partial charge in [0, 0.05) is 5.02 Å². The van der Waals surface area contributed by atoms with Crippen molar-refractivity contribution in [3.63, 3.8) is 0 Å². The van der Waals surface area contributed by atoms with Gasteiger partial charge >= 0.3 is 0 Å². The molecule has 6 nitrogen and oxygen atoms in total.